The maximum absolute atomic E-state index is 12.8. The van der Waals surface area contributed by atoms with E-state index in [1.807, 2.05) is 16.5 Å². The number of Topliss-reactive ketones (excluding diaryl/α,β-unsaturated/α-hetero) is 1. The van der Waals surface area contributed by atoms with Gasteiger partial charge in [0, 0.05) is 44.5 Å². The zero-order valence-corrected chi connectivity index (χ0v) is 15.1. The molecule has 0 N–H and O–H groups in total. The summed E-state index contributed by atoms with van der Waals surface area (Å²) in [6.07, 6.45) is 5.68. The molecule has 0 unspecified atom stereocenters. The minimum Gasteiger partial charge on any atom is -0.338 e. The molecule has 2 aromatic heterocycles. The van der Waals surface area contributed by atoms with Crippen LogP contribution >= 0.6 is 0 Å². The van der Waals surface area contributed by atoms with Crippen LogP contribution in [-0.4, -0.2) is 49.2 Å². The van der Waals surface area contributed by atoms with Crippen LogP contribution in [0.3, 0.4) is 0 Å². The van der Waals surface area contributed by atoms with E-state index in [1.54, 1.807) is 30.2 Å². The zero-order chi connectivity index (χ0) is 18.0. The fourth-order valence-electron chi connectivity index (χ4n) is 3.43. The first kappa shape index (κ1) is 17.4. The predicted octanol–water partition coefficient (Wildman–Crippen LogP) is 2.07. The Kier molecular flexibility index (Phi) is 5.01. The number of likely N-dealkylation sites (tertiary alicyclic amines) is 1. The van der Waals surface area contributed by atoms with Gasteiger partial charge in [0.2, 0.25) is 0 Å². The van der Waals surface area contributed by atoms with Crippen LogP contribution in [-0.2, 0) is 13.6 Å². The average molecular weight is 343 g/mol. The van der Waals surface area contributed by atoms with Gasteiger partial charge in [-0.2, -0.15) is 10.2 Å². The Bertz CT molecular complexity index is 768. The normalized spacial score (nSPS) is 15.6. The smallest absolute Gasteiger partial charge is 0.257 e. The Morgan fingerprint density at radius 1 is 1.24 bits per heavy atom. The largest absolute Gasteiger partial charge is 0.338 e. The van der Waals surface area contributed by atoms with Crippen LogP contribution < -0.4 is 0 Å². The van der Waals surface area contributed by atoms with E-state index in [0.717, 1.165) is 18.7 Å². The standard InChI is InChI=1S/C18H25N5O2/c1-4-9-23-13(2)15(12-20-23)18(25)22-10-6-14(7-11-22)17(24)16-5-8-19-21(16)3/h5,8,12,14H,4,6-7,9-11H2,1-3H3. The highest BCUT2D eigenvalue weighted by atomic mass is 16.2. The second kappa shape index (κ2) is 7.21. The number of ketones is 1. The number of nitrogens with zero attached hydrogens (tertiary/aromatic N) is 5. The molecule has 0 atom stereocenters. The molecule has 1 aliphatic heterocycles. The van der Waals surface area contributed by atoms with Gasteiger partial charge in [-0.05, 0) is 32.3 Å². The van der Waals surface area contributed by atoms with Crippen molar-refractivity contribution in [2.24, 2.45) is 13.0 Å². The molecular weight excluding hydrogens is 318 g/mol. The summed E-state index contributed by atoms with van der Waals surface area (Å²) in [5, 5.41) is 8.38. The maximum atomic E-state index is 12.8. The number of hydrogen-bond donors (Lipinski definition) is 0. The zero-order valence-electron chi connectivity index (χ0n) is 15.1. The molecule has 0 spiro atoms. The molecule has 0 aliphatic carbocycles. The lowest BCUT2D eigenvalue weighted by atomic mass is 9.90. The molecule has 7 nitrogen and oxygen atoms in total. The van der Waals surface area contributed by atoms with Gasteiger partial charge in [0.05, 0.1) is 11.8 Å². The first-order chi connectivity index (χ1) is 12.0. The summed E-state index contributed by atoms with van der Waals surface area (Å²) in [5.41, 5.74) is 2.23. The highest BCUT2D eigenvalue weighted by Gasteiger charge is 2.30. The van der Waals surface area contributed by atoms with Gasteiger partial charge in [-0.3, -0.25) is 19.0 Å². The highest BCUT2D eigenvalue weighted by molar-refractivity contribution is 5.97. The van der Waals surface area contributed by atoms with E-state index in [1.165, 1.54) is 0 Å². The summed E-state index contributed by atoms with van der Waals surface area (Å²) < 4.78 is 3.50. The van der Waals surface area contributed by atoms with Gasteiger partial charge in [0.15, 0.2) is 5.78 Å². The summed E-state index contributed by atoms with van der Waals surface area (Å²) in [7, 11) is 1.78. The lowest BCUT2D eigenvalue weighted by Gasteiger charge is -2.31. The van der Waals surface area contributed by atoms with Crippen molar-refractivity contribution in [2.75, 3.05) is 13.1 Å². The molecule has 0 saturated carbocycles. The van der Waals surface area contributed by atoms with Gasteiger partial charge >= 0.3 is 0 Å². The van der Waals surface area contributed by atoms with E-state index in [4.69, 9.17) is 0 Å². The number of carbonyl (C=O) groups excluding carboxylic acids is 2. The molecule has 0 aromatic carbocycles. The summed E-state index contributed by atoms with van der Waals surface area (Å²) in [4.78, 5) is 27.2. The van der Waals surface area contributed by atoms with Crippen molar-refractivity contribution in [2.45, 2.75) is 39.7 Å². The Morgan fingerprint density at radius 2 is 1.96 bits per heavy atom. The van der Waals surface area contributed by atoms with Crippen LogP contribution in [0.15, 0.2) is 18.5 Å². The van der Waals surface area contributed by atoms with Crippen molar-refractivity contribution in [3.8, 4) is 0 Å². The molecule has 1 aliphatic rings. The number of carbonyl (C=O) groups is 2. The summed E-state index contributed by atoms with van der Waals surface area (Å²) in [6.45, 7) is 6.05. The van der Waals surface area contributed by atoms with Gasteiger partial charge in [0.25, 0.3) is 5.91 Å². The van der Waals surface area contributed by atoms with Crippen molar-refractivity contribution in [3.63, 3.8) is 0 Å². The van der Waals surface area contributed by atoms with E-state index in [-0.39, 0.29) is 17.6 Å². The highest BCUT2D eigenvalue weighted by Crippen LogP contribution is 2.23. The number of aromatic nitrogens is 4. The van der Waals surface area contributed by atoms with Crippen molar-refractivity contribution >= 4 is 11.7 Å². The SMILES string of the molecule is CCCn1ncc(C(=O)N2CCC(C(=O)c3ccnn3C)CC2)c1C. The van der Waals surface area contributed by atoms with Crippen molar-refractivity contribution in [1.82, 2.24) is 24.5 Å². The van der Waals surface area contributed by atoms with Crippen LogP contribution in [0.1, 0.15) is 52.7 Å². The Morgan fingerprint density at radius 3 is 2.56 bits per heavy atom. The lowest BCUT2D eigenvalue weighted by molar-refractivity contribution is 0.0647. The Labute approximate surface area is 147 Å². The second-order valence-electron chi connectivity index (χ2n) is 6.64. The fourth-order valence-corrected chi connectivity index (χ4v) is 3.43. The molecular formula is C18H25N5O2. The van der Waals surface area contributed by atoms with Crippen LogP contribution in [0, 0.1) is 12.8 Å². The van der Waals surface area contributed by atoms with E-state index < -0.39 is 0 Å². The number of hydrogen-bond acceptors (Lipinski definition) is 4. The van der Waals surface area contributed by atoms with Gasteiger partial charge in [-0.25, -0.2) is 0 Å². The fraction of sp³-hybridized carbons (Fsp3) is 0.556. The first-order valence-electron chi connectivity index (χ1n) is 8.86. The first-order valence-corrected chi connectivity index (χ1v) is 8.86. The molecule has 2 aromatic rings. The van der Waals surface area contributed by atoms with Gasteiger partial charge in [-0.15, -0.1) is 0 Å². The van der Waals surface area contributed by atoms with Crippen LogP contribution in [0.25, 0.3) is 0 Å². The molecule has 134 valence electrons. The molecule has 7 heteroatoms. The molecule has 25 heavy (non-hydrogen) atoms. The Hall–Kier alpha value is -2.44. The van der Waals surface area contributed by atoms with Crippen LogP contribution in [0.2, 0.25) is 0 Å². The average Bonchev–Trinajstić information content (AvgIpc) is 3.20. The molecule has 3 heterocycles. The van der Waals surface area contributed by atoms with E-state index >= 15 is 0 Å². The molecule has 1 fully saturated rings. The van der Waals surface area contributed by atoms with E-state index in [2.05, 4.69) is 17.1 Å². The maximum Gasteiger partial charge on any atom is 0.257 e. The lowest BCUT2D eigenvalue weighted by Crippen LogP contribution is -2.40. The summed E-state index contributed by atoms with van der Waals surface area (Å²) in [5.74, 6) is 0.105. The van der Waals surface area contributed by atoms with Gasteiger partial charge in [0.1, 0.15) is 5.69 Å². The summed E-state index contributed by atoms with van der Waals surface area (Å²) in [6, 6.07) is 1.76. The number of aryl methyl sites for hydroxylation is 2. The third-order valence-corrected chi connectivity index (χ3v) is 5.00. The van der Waals surface area contributed by atoms with Crippen LogP contribution in [0.5, 0.6) is 0 Å². The minimum absolute atomic E-state index is 0.0197. The van der Waals surface area contributed by atoms with Gasteiger partial charge in [-0.1, -0.05) is 6.92 Å². The number of piperidine rings is 1. The molecule has 1 amide bonds. The topological polar surface area (TPSA) is 73.0 Å². The molecule has 1 saturated heterocycles. The third-order valence-electron chi connectivity index (χ3n) is 5.00. The van der Waals surface area contributed by atoms with Crippen LogP contribution in [0.4, 0.5) is 0 Å². The minimum atomic E-state index is -0.0386. The van der Waals surface area contributed by atoms with Crippen molar-refractivity contribution in [3.05, 3.63) is 35.4 Å². The molecule has 0 radical (unpaired) electrons. The van der Waals surface area contributed by atoms with E-state index in [0.29, 0.717) is 37.2 Å². The van der Waals surface area contributed by atoms with Crippen molar-refractivity contribution in [1.29, 1.82) is 0 Å². The molecule has 0 bridgehead atoms. The molecule has 3 rings (SSSR count). The Balaban J connectivity index is 1.63. The van der Waals surface area contributed by atoms with Gasteiger partial charge < -0.3 is 4.90 Å². The van der Waals surface area contributed by atoms with E-state index in [9.17, 15) is 9.59 Å². The third kappa shape index (κ3) is 3.36. The predicted molar refractivity (Wildman–Crippen MR) is 93.4 cm³/mol. The number of amides is 1. The second-order valence-corrected chi connectivity index (χ2v) is 6.64. The number of rotatable bonds is 5. The summed E-state index contributed by atoms with van der Waals surface area (Å²) >= 11 is 0. The monoisotopic (exact) mass is 343 g/mol. The van der Waals surface area contributed by atoms with Crippen molar-refractivity contribution < 1.29 is 9.59 Å². The quantitative estimate of drug-likeness (QED) is 0.779.